The highest BCUT2D eigenvalue weighted by molar-refractivity contribution is 5.80. The normalized spacial score (nSPS) is 17.2. The maximum Gasteiger partial charge on any atom is 0.227 e. The molecule has 1 amide bonds. The second kappa shape index (κ2) is 10.4. The van der Waals surface area contributed by atoms with E-state index >= 15 is 0 Å². The number of rotatable bonds is 7. The first-order chi connectivity index (χ1) is 15.7. The fraction of sp³-hybridized carbons (Fsp3) is 0.333. The first-order valence-electron chi connectivity index (χ1n) is 11.3. The number of benzene rings is 2. The minimum absolute atomic E-state index is 0.0777. The van der Waals surface area contributed by atoms with Gasteiger partial charge in [0, 0.05) is 45.1 Å². The van der Waals surface area contributed by atoms with Crippen molar-refractivity contribution < 1.29 is 9.53 Å². The highest BCUT2D eigenvalue weighted by Gasteiger charge is 2.30. The third kappa shape index (κ3) is 5.17. The van der Waals surface area contributed by atoms with Crippen LogP contribution in [0.5, 0.6) is 5.75 Å². The van der Waals surface area contributed by atoms with Crippen molar-refractivity contribution >= 4 is 5.91 Å². The lowest BCUT2D eigenvalue weighted by molar-refractivity contribution is -0.134. The van der Waals surface area contributed by atoms with E-state index in [2.05, 4.69) is 53.2 Å². The van der Waals surface area contributed by atoms with E-state index in [1.165, 1.54) is 16.7 Å². The van der Waals surface area contributed by atoms with Crippen LogP contribution in [0.4, 0.5) is 0 Å². The van der Waals surface area contributed by atoms with Gasteiger partial charge in [0.15, 0.2) is 0 Å². The molecule has 1 aliphatic rings. The lowest BCUT2D eigenvalue weighted by Gasteiger charge is -2.24. The zero-order valence-electron chi connectivity index (χ0n) is 18.9. The van der Waals surface area contributed by atoms with Crippen LogP contribution in [0.2, 0.25) is 0 Å². The van der Waals surface area contributed by atoms with E-state index in [-0.39, 0.29) is 11.8 Å². The van der Waals surface area contributed by atoms with E-state index in [1.807, 2.05) is 41.6 Å². The van der Waals surface area contributed by atoms with E-state index in [9.17, 15) is 4.79 Å². The Bertz CT molecular complexity index is 1040. The third-order valence-electron chi connectivity index (χ3n) is 6.22. The van der Waals surface area contributed by atoms with Crippen LogP contribution in [-0.4, -0.2) is 54.0 Å². The molecule has 4 rings (SSSR count). The van der Waals surface area contributed by atoms with Gasteiger partial charge in [-0.1, -0.05) is 36.4 Å². The molecule has 166 valence electrons. The number of amides is 1. The lowest BCUT2D eigenvalue weighted by Crippen LogP contribution is -2.37. The number of methoxy groups -OCH3 is 1. The van der Waals surface area contributed by atoms with E-state index < -0.39 is 0 Å². The van der Waals surface area contributed by atoms with Gasteiger partial charge in [-0.05, 0) is 59.9 Å². The highest BCUT2D eigenvalue weighted by Crippen LogP contribution is 2.27. The summed E-state index contributed by atoms with van der Waals surface area (Å²) in [6, 6.07) is 20.7. The van der Waals surface area contributed by atoms with Crippen molar-refractivity contribution in [1.29, 1.82) is 0 Å². The average Bonchev–Trinajstić information content (AvgIpc) is 2.98. The number of ether oxygens (including phenoxy) is 1. The van der Waals surface area contributed by atoms with Crippen molar-refractivity contribution in [3.05, 3.63) is 84.2 Å². The van der Waals surface area contributed by atoms with Gasteiger partial charge in [0.1, 0.15) is 5.75 Å². The molecule has 0 aliphatic carbocycles. The molecule has 1 saturated heterocycles. The zero-order chi connectivity index (χ0) is 22.3. The summed E-state index contributed by atoms with van der Waals surface area (Å²) in [7, 11) is 1.69. The maximum absolute atomic E-state index is 13.4. The quantitative estimate of drug-likeness (QED) is 0.562. The third-order valence-corrected chi connectivity index (χ3v) is 6.22. The molecule has 2 heterocycles. The van der Waals surface area contributed by atoms with E-state index in [0.717, 1.165) is 50.5 Å². The van der Waals surface area contributed by atoms with Gasteiger partial charge >= 0.3 is 0 Å². The van der Waals surface area contributed by atoms with Crippen molar-refractivity contribution in [3.63, 3.8) is 0 Å². The Morgan fingerprint density at radius 3 is 2.62 bits per heavy atom. The molecule has 0 spiro atoms. The van der Waals surface area contributed by atoms with Gasteiger partial charge < -0.3 is 9.64 Å². The van der Waals surface area contributed by atoms with Crippen molar-refractivity contribution in [2.45, 2.75) is 19.9 Å². The molecule has 0 N–H and O–H groups in total. The average molecular weight is 430 g/mol. The minimum Gasteiger partial charge on any atom is -0.497 e. The molecule has 5 nitrogen and oxygen atoms in total. The van der Waals surface area contributed by atoms with Gasteiger partial charge in [0.05, 0.1) is 13.0 Å². The van der Waals surface area contributed by atoms with Gasteiger partial charge in [-0.25, -0.2) is 0 Å². The molecule has 3 aromatic rings. The molecule has 1 atom stereocenters. The van der Waals surface area contributed by atoms with Crippen LogP contribution in [0.3, 0.4) is 0 Å². The smallest absolute Gasteiger partial charge is 0.227 e. The summed E-state index contributed by atoms with van der Waals surface area (Å²) >= 11 is 0. The predicted octanol–water partition coefficient (Wildman–Crippen LogP) is 4.28. The number of carbonyl (C=O) groups is 1. The van der Waals surface area contributed by atoms with Crippen LogP contribution in [0.25, 0.3) is 11.1 Å². The van der Waals surface area contributed by atoms with Crippen LogP contribution in [0, 0.1) is 5.92 Å². The summed E-state index contributed by atoms with van der Waals surface area (Å²) in [5.41, 5.74) is 4.72. The van der Waals surface area contributed by atoms with Crippen molar-refractivity contribution in [3.8, 4) is 16.9 Å². The van der Waals surface area contributed by atoms with Crippen molar-refractivity contribution in [2.75, 3.05) is 33.3 Å². The first-order valence-corrected chi connectivity index (χ1v) is 11.3. The van der Waals surface area contributed by atoms with Crippen molar-refractivity contribution in [2.24, 2.45) is 5.92 Å². The van der Waals surface area contributed by atoms with Gasteiger partial charge in [-0.3, -0.25) is 14.7 Å². The summed E-state index contributed by atoms with van der Waals surface area (Å²) in [5.74, 6) is 1.04. The Kier molecular flexibility index (Phi) is 7.17. The summed E-state index contributed by atoms with van der Waals surface area (Å²) in [6.07, 6.45) is 4.36. The van der Waals surface area contributed by atoms with Gasteiger partial charge in [-0.15, -0.1) is 0 Å². The number of hydrogen-bond acceptors (Lipinski definition) is 4. The summed E-state index contributed by atoms with van der Waals surface area (Å²) in [6.45, 7) is 6.01. The monoisotopic (exact) mass is 429 g/mol. The van der Waals surface area contributed by atoms with Crippen LogP contribution in [0.15, 0.2) is 73.1 Å². The maximum atomic E-state index is 13.4. The Morgan fingerprint density at radius 2 is 1.84 bits per heavy atom. The van der Waals surface area contributed by atoms with E-state index in [1.54, 1.807) is 7.11 Å². The van der Waals surface area contributed by atoms with Crippen LogP contribution in [-0.2, 0) is 17.8 Å². The summed E-state index contributed by atoms with van der Waals surface area (Å²) in [5, 5.41) is 0. The Balaban J connectivity index is 1.58. The molecular weight excluding hydrogens is 398 g/mol. The fourth-order valence-corrected chi connectivity index (χ4v) is 4.53. The largest absolute Gasteiger partial charge is 0.497 e. The molecule has 0 unspecified atom stereocenters. The molecule has 2 aromatic carbocycles. The lowest BCUT2D eigenvalue weighted by atomic mass is 9.91. The number of pyridine rings is 1. The Labute approximate surface area is 190 Å². The minimum atomic E-state index is -0.0777. The van der Waals surface area contributed by atoms with E-state index in [4.69, 9.17) is 4.74 Å². The van der Waals surface area contributed by atoms with Gasteiger partial charge in [0.2, 0.25) is 5.91 Å². The predicted molar refractivity (Wildman–Crippen MR) is 127 cm³/mol. The first kappa shape index (κ1) is 22.0. The molecule has 1 aliphatic heterocycles. The molecule has 0 bridgehead atoms. The fourth-order valence-electron chi connectivity index (χ4n) is 4.53. The van der Waals surface area contributed by atoms with Crippen LogP contribution in [0.1, 0.15) is 18.1 Å². The molecule has 0 radical (unpaired) electrons. The Morgan fingerprint density at radius 1 is 1.03 bits per heavy atom. The van der Waals surface area contributed by atoms with Crippen LogP contribution < -0.4 is 4.74 Å². The number of likely N-dealkylation sites (N-methyl/N-ethyl adjacent to an activating group) is 1. The number of aromatic nitrogens is 1. The topological polar surface area (TPSA) is 45.7 Å². The Hall–Kier alpha value is -3.18. The molecule has 1 aromatic heterocycles. The van der Waals surface area contributed by atoms with Crippen LogP contribution >= 0.6 is 0 Å². The molecular formula is C27H31N3O2. The summed E-state index contributed by atoms with van der Waals surface area (Å²) in [4.78, 5) is 22.0. The molecule has 32 heavy (non-hydrogen) atoms. The second-order valence-corrected chi connectivity index (χ2v) is 8.30. The van der Waals surface area contributed by atoms with Crippen molar-refractivity contribution in [1.82, 2.24) is 14.8 Å². The molecule has 5 heteroatoms. The second-order valence-electron chi connectivity index (χ2n) is 8.30. The van der Waals surface area contributed by atoms with Gasteiger partial charge in [0.25, 0.3) is 0 Å². The summed E-state index contributed by atoms with van der Waals surface area (Å²) < 4.78 is 5.39. The number of carbonyl (C=O) groups excluding carboxylic acids is 1. The SMILES string of the molecule is CCN1CCN(Cc2cccc(OC)c2)C[C@H](Cc2ccccc2-c2ccncc2)C1=O. The standard InChI is InChI=1S/C27H31N3O2/c1-3-30-16-15-29(19-21-7-6-9-25(17-21)32-2)20-24(27(30)31)18-23-8-4-5-10-26(23)22-11-13-28-14-12-22/h4-14,17,24H,3,15-16,18-20H2,1-2H3/t24-/m0/s1. The number of hydrogen-bond donors (Lipinski definition) is 0. The number of nitrogens with zero attached hydrogens (tertiary/aromatic N) is 3. The molecule has 1 fully saturated rings. The van der Waals surface area contributed by atoms with Gasteiger partial charge in [-0.2, -0.15) is 0 Å². The van der Waals surface area contributed by atoms with E-state index in [0.29, 0.717) is 0 Å². The molecule has 0 saturated carbocycles. The zero-order valence-corrected chi connectivity index (χ0v) is 18.9. The highest BCUT2D eigenvalue weighted by atomic mass is 16.5.